The fraction of sp³-hybridized carbons (Fsp3) is 0.323. The van der Waals surface area contributed by atoms with Crippen molar-refractivity contribution in [2.24, 2.45) is 11.3 Å². The van der Waals surface area contributed by atoms with Gasteiger partial charge in [-0.05, 0) is 88.9 Å². The quantitative estimate of drug-likeness (QED) is 0.338. The maximum atomic E-state index is 15.0. The van der Waals surface area contributed by atoms with E-state index >= 15 is 0 Å². The van der Waals surface area contributed by atoms with Crippen molar-refractivity contribution < 1.29 is 23.8 Å². The fourth-order valence-electron chi connectivity index (χ4n) is 4.81. The Kier molecular flexibility index (Phi) is 7.48. The Morgan fingerprint density at radius 2 is 1.81 bits per heavy atom. The second-order valence-corrected chi connectivity index (χ2v) is 10.1. The van der Waals surface area contributed by atoms with E-state index in [1.807, 2.05) is 36.4 Å². The van der Waals surface area contributed by atoms with Crippen molar-refractivity contribution in [3.8, 4) is 22.6 Å². The molecule has 4 rings (SSSR count). The lowest BCUT2D eigenvalue weighted by molar-refractivity contribution is -0.141. The van der Waals surface area contributed by atoms with Gasteiger partial charge < -0.3 is 14.6 Å². The van der Waals surface area contributed by atoms with Gasteiger partial charge in [0.25, 0.3) is 0 Å². The molecule has 1 atom stereocenters. The predicted octanol–water partition coefficient (Wildman–Crippen LogP) is 7.55. The first-order valence-electron chi connectivity index (χ1n) is 12.3. The molecule has 0 fully saturated rings. The molecule has 0 unspecified atom stereocenters. The Hall–Kier alpha value is -3.60. The van der Waals surface area contributed by atoms with Crippen LogP contribution in [0.4, 0.5) is 4.39 Å². The van der Waals surface area contributed by atoms with Gasteiger partial charge in [0.1, 0.15) is 23.9 Å². The smallest absolute Gasteiger partial charge is 0.306 e. The summed E-state index contributed by atoms with van der Waals surface area (Å²) in [5.74, 6) is -0.262. The van der Waals surface area contributed by atoms with E-state index in [0.717, 1.165) is 35.1 Å². The van der Waals surface area contributed by atoms with Crippen LogP contribution >= 0.6 is 0 Å². The highest BCUT2D eigenvalue weighted by atomic mass is 19.1. The number of methoxy groups -OCH3 is 1. The second-order valence-electron chi connectivity index (χ2n) is 10.1. The number of benzene rings is 3. The van der Waals surface area contributed by atoms with E-state index in [2.05, 4.69) is 26.0 Å². The van der Waals surface area contributed by atoms with Crippen LogP contribution in [0, 0.1) is 17.2 Å². The largest absolute Gasteiger partial charge is 0.497 e. The van der Waals surface area contributed by atoms with Crippen LogP contribution in [-0.4, -0.2) is 18.2 Å². The normalized spacial score (nSPS) is 15.3. The standard InChI is InChI=1S/C31H33FO4/c1-20(30(33)34)15-21-7-5-8-24(16-21)36-19-22-10-12-25(27-18-23(35-4)11-13-29(27)32)26(17-22)28-9-6-14-31(28,2)3/h5,7-13,16-18,20H,6,14-15,19H2,1-4H3,(H,33,34)/t20-/m0/s1. The number of ether oxygens (including phenoxy) is 2. The molecule has 3 aromatic carbocycles. The summed E-state index contributed by atoms with van der Waals surface area (Å²) in [5.41, 5.74) is 5.45. The topological polar surface area (TPSA) is 55.8 Å². The van der Waals surface area contributed by atoms with Gasteiger partial charge in [-0.25, -0.2) is 4.39 Å². The molecule has 36 heavy (non-hydrogen) atoms. The van der Waals surface area contributed by atoms with Gasteiger partial charge in [0.2, 0.25) is 0 Å². The molecule has 0 aliphatic heterocycles. The molecule has 1 N–H and O–H groups in total. The van der Waals surface area contributed by atoms with Gasteiger partial charge in [-0.1, -0.05) is 51.1 Å². The van der Waals surface area contributed by atoms with Crippen LogP contribution in [0.1, 0.15) is 50.3 Å². The summed E-state index contributed by atoms with van der Waals surface area (Å²) >= 11 is 0. The van der Waals surface area contributed by atoms with Crippen LogP contribution < -0.4 is 9.47 Å². The van der Waals surface area contributed by atoms with Gasteiger partial charge in [0.05, 0.1) is 13.0 Å². The average Bonchev–Trinajstić information content (AvgIpc) is 3.22. The highest BCUT2D eigenvalue weighted by Gasteiger charge is 2.30. The molecule has 0 bridgehead atoms. The predicted molar refractivity (Wildman–Crippen MR) is 141 cm³/mol. The van der Waals surface area contributed by atoms with Gasteiger partial charge in [0, 0.05) is 5.56 Å². The van der Waals surface area contributed by atoms with Crippen LogP contribution in [0.5, 0.6) is 11.5 Å². The molecule has 4 nitrogen and oxygen atoms in total. The van der Waals surface area contributed by atoms with E-state index in [1.54, 1.807) is 26.2 Å². The van der Waals surface area contributed by atoms with Crippen molar-refractivity contribution in [1.29, 1.82) is 0 Å². The summed E-state index contributed by atoms with van der Waals surface area (Å²) < 4.78 is 26.4. The Bertz CT molecular complexity index is 1290. The summed E-state index contributed by atoms with van der Waals surface area (Å²) in [6, 6.07) is 18.4. The van der Waals surface area contributed by atoms with Crippen LogP contribution in [0.3, 0.4) is 0 Å². The van der Waals surface area contributed by atoms with E-state index in [0.29, 0.717) is 30.1 Å². The third-order valence-corrected chi connectivity index (χ3v) is 6.95. The van der Waals surface area contributed by atoms with Crippen LogP contribution in [-0.2, 0) is 17.8 Å². The number of carboxylic acids is 1. The van der Waals surface area contributed by atoms with Gasteiger partial charge >= 0.3 is 5.97 Å². The molecule has 188 valence electrons. The van der Waals surface area contributed by atoms with Gasteiger partial charge in [-0.2, -0.15) is 0 Å². The summed E-state index contributed by atoms with van der Waals surface area (Å²) in [6.07, 6.45) is 4.74. The van der Waals surface area contributed by atoms with Crippen LogP contribution in [0.15, 0.2) is 66.7 Å². The number of hydrogen-bond acceptors (Lipinski definition) is 3. The number of carbonyl (C=O) groups is 1. The summed E-state index contributed by atoms with van der Waals surface area (Å²) in [5, 5.41) is 9.20. The SMILES string of the molecule is COc1ccc(F)c(-c2ccc(COc3cccc(C[C@H](C)C(=O)O)c3)cc2C2=CCCC2(C)C)c1. The number of hydrogen-bond donors (Lipinski definition) is 1. The Labute approximate surface area is 212 Å². The zero-order valence-electron chi connectivity index (χ0n) is 21.3. The maximum Gasteiger partial charge on any atom is 0.306 e. The molecule has 0 aromatic heterocycles. The maximum absolute atomic E-state index is 15.0. The lowest BCUT2D eigenvalue weighted by Crippen LogP contribution is -2.12. The van der Waals surface area contributed by atoms with Crippen LogP contribution in [0.25, 0.3) is 16.7 Å². The molecule has 0 heterocycles. The molecule has 0 spiro atoms. The number of aliphatic carboxylic acids is 1. The van der Waals surface area contributed by atoms with E-state index in [-0.39, 0.29) is 11.2 Å². The zero-order valence-corrected chi connectivity index (χ0v) is 21.3. The van der Waals surface area contributed by atoms with E-state index in [4.69, 9.17) is 9.47 Å². The molecular formula is C31H33FO4. The average molecular weight is 489 g/mol. The van der Waals surface area contributed by atoms with E-state index in [9.17, 15) is 14.3 Å². The van der Waals surface area contributed by atoms with Crippen molar-refractivity contribution in [3.05, 3.63) is 89.2 Å². The zero-order chi connectivity index (χ0) is 25.9. The highest BCUT2D eigenvalue weighted by molar-refractivity contribution is 5.85. The van der Waals surface area contributed by atoms with Crippen molar-refractivity contribution in [2.75, 3.05) is 7.11 Å². The van der Waals surface area contributed by atoms with Crippen molar-refractivity contribution in [2.45, 2.75) is 46.6 Å². The molecule has 0 saturated carbocycles. The number of rotatable bonds is 9. The monoisotopic (exact) mass is 488 g/mol. The second kappa shape index (κ2) is 10.6. The fourth-order valence-corrected chi connectivity index (χ4v) is 4.81. The Balaban J connectivity index is 1.65. The molecule has 3 aromatic rings. The van der Waals surface area contributed by atoms with Crippen molar-refractivity contribution in [3.63, 3.8) is 0 Å². The Morgan fingerprint density at radius 1 is 1.00 bits per heavy atom. The molecule has 1 aliphatic carbocycles. The van der Waals surface area contributed by atoms with E-state index < -0.39 is 11.9 Å². The van der Waals surface area contributed by atoms with Crippen LogP contribution in [0.2, 0.25) is 0 Å². The van der Waals surface area contributed by atoms with E-state index in [1.165, 1.54) is 11.6 Å². The summed E-state index contributed by atoms with van der Waals surface area (Å²) in [7, 11) is 1.58. The first-order chi connectivity index (χ1) is 17.2. The summed E-state index contributed by atoms with van der Waals surface area (Å²) in [6.45, 7) is 6.50. The molecule has 5 heteroatoms. The van der Waals surface area contributed by atoms with Gasteiger partial charge in [-0.3, -0.25) is 4.79 Å². The lowest BCUT2D eigenvalue weighted by atomic mass is 9.79. The molecular weight excluding hydrogens is 455 g/mol. The van der Waals surface area contributed by atoms with Crippen molar-refractivity contribution in [1.82, 2.24) is 0 Å². The molecule has 0 radical (unpaired) electrons. The summed E-state index contributed by atoms with van der Waals surface area (Å²) in [4.78, 5) is 11.2. The number of carboxylic acid groups (broad SMARTS) is 1. The number of allylic oxidation sites excluding steroid dienone is 2. The van der Waals surface area contributed by atoms with Gasteiger partial charge in [0.15, 0.2) is 0 Å². The number of halogens is 1. The third kappa shape index (κ3) is 5.62. The molecule has 0 amide bonds. The van der Waals surface area contributed by atoms with Crippen molar-refractivity contribution >= 4 is 11.5 Å². The first-order valence-corrected chi connectivity index (χ1v) is 12.3. The minimum atomic E-state index is -0.814. The Morgan fingerprint density at radius 3 is 2.50 bits per heavy atom. The first kappa shape index (κ1) is 25.5. The lowest BCUT2D eigenvalue weighted by Gasteiger charge is -2.25. The molecule has 1 aliphatic rings. The third-order valence-electron chi connectivity index (χ3n) is 6.95. The minimum Gasteiger partial charge on any atom is -0.497 e. The molecule has 0 saturated heterocycles. The minimum absolute atomic E-state index is 0.0151. The highest BCUT2D eigenvalue weighted by Crippen LogP contribution is 2.47. The van der Waals surface area contributed by atoms with Gasteiger partial charge in [-0.15, -0.1) is 0 Å².